The van der Waals surface area contributed by atoms with Crippen molar-refractivity contribution in [3.63, 3.8) is 0 Å². The third-order valence-corrected chi connectivity index (χ3v) is 3.44. The first-order valence-electron chi connectivity index (χ1n) is 5.72. The van der Waals surface area contributed by atoms with Crippen molar-refractivity contribution in [2.24, 2.45) is 0 Å². The highest BCUT2D eigenvalue weighted by molar-refractivity contribution is 7.98. The molecular weight excluding hydrogens is 300 g/mol. The lowest BCUT2D eigenvalue weighted by Gasteiger charge is -1.94. The molecule has 2 aromatic heterocycles. The monoisotopic (exact) mass is 308 g/mol. The first-order valence-corrected chi connectivity index (χ1v) is 7.08. The number of hydrogen-bond donors (Lipinski definition) is 0. The van der Waals surface area contributed by atoms with Crippen molar-refractivity contribution in [1.29, 1.82) is 0 Å². The quantitative estimate of drug-likeness (QED) is 0.684. The van der Waals surface area contributed by atoms with Crippen LogP contribution in [0.3, 0.4) is 0 Å². The van der Waals surface area contributed by atoms with Crippen molar-refractivity contribution >= 4 is 23.4 Å². The number of halogens is 1. The van der Waals surface area contributed by atoms with E-state index in [0.717, 1.165) is 5.56 Å². The summed E-state index contributed by atoms with van der Waals surface area (Å²) in [6, 6.07) is 7.20. The Bertz CT molecular complexity index is 710. The largest absolute Gasteiger partial charge is 0.411 e. The summed E-state index contributed by atoms with van der Waals surface area (Å²) in [5.41, 5.74) is 0.822. The lowest BCUT2D eigenvalue weighted by molar-refractivity contribution is 0.386. The minimum Gasteiger partial charge on any atom is -0.411 e. The highest BCUT2D eigenvalue weighted by atomic mass is 35.5. The Morgan fingerprint density at radius 3 is 2.70 bits per heavy atom. The summed E-state index contributed by atoms with van der Waals surface area (Å²) >= 11 is 7.17. The molecule has 102 valence electrons. The molecule has 0 aliphatic rings. The average Bonchev–Trinajstić information content (AvgIpc) is 3.06. The van der Waals surface area contributed by atoms with Gasteiger partial charge in [0, 0.05) is 10.6 Å². The second-order valence-electron chi connectivity index (χ2n) is 3.90. The molecule has 0 saturated heterocycles. The van der Waals surface area contributed by atoms with Crippen molar-refractivity contribution in [3.05, 3.63) is 41.0 Å². The summed E-state index contributed by atoms with van der Waals surface area (Å²) in [7, 11) is 0. The smallest absolute Gasteiger partial charge is 0.277 e. The van der Waals surface area contributed by atoms with Gasteiger partial charge in [-0.2, -0.15) is 4.98 Å². The molecule has 0 N–H and O–H groups in total. The lowest BCUT2D eigenvalue weighted by atomic mass is 10.2. The Balaban J connectivity index is 1.69. The lowest BCUT2D eigenvalue weighted by Crippen LogP contribution is -1.80. The van der Waals surface area contributed by atoms with Crippen LogP contribution >= 0.6 is 23.4 Å². The van der Waals surface area contributed by atoms with E-state index in [4.69, 9.17) is 20.5 Å². The minimum absolute atomic E-state index is 0.450. The molecule has 0 fully saturated rings. The van der Waals surface area contributed by atoms with E-state index >= 15 is 0 Å². The van der Waals surface area contributed by atoms with Gasteiger partial charge in [0.15, 0.2) is 5.82 Å². The first kappa shape index (κ1) is 13.1. The van der Waals surface area contributed by atoms with Crippen molar-refractivity contribution in [3.8, 4) is 11.5 Å². The van der Waals surface area contributed by atoms with Crippen LogP contribution in [0.5, 0.6) is 0 Å². The van der Waals surface area contributed by atoms with Crippen LogP contribution in [0.1, 0.15) is 11.7 Å². The molecule has 0 saturated carbocycles. The summed E-state index contributed by atoms with van der Waals surface area (Å²) < 4.78 is 10.6. The fraction of sp³-hybridized carbons (Fsp3) is 0.167. The zero-order valence-corrected chi connectivity index (χ0v) is 12.0. The molecule has 20 heavy (non-hydrogen) atoms. The van der Waals surface area contributed by atoms with E-state index in [0.29, 0.717) is 33.6 Å². The molecule has 0 radical (unpaired) electrons. The summed E-state index contributed by atoms with van der Waals surface area (Å²) in [6.07, 6.45) is 0. The summed E-state index contributed by atoms with van der Waals surface area (Å²) in [6.45, 7) is 1.77. The zero-order valence-electron chi connectivity index (χ0n) is 10.4. The van der Waals surface area contributed by atoms with Gasteiger partial charge in [-0.25, -0.2) is 0 Å². The Kier molecular flexibility index (Phi) is 3.70. The van der Waals surface area contributed by atoms with E-state index in [1.807, 2.05) is 12.1 Å². The topological polar surface area (TPSA) is 77.8 Å². The van der Waals surface area contributed by atoms with E-state index in [-0.39, 0.29) is 0 Å². The maximum atomic E-state index is 5.83. The molecule has 8 heteroatoms. The van der Waals surface area contributed by atoms with Gasteiger partial charge in [-0.1, -0.05) is 28.5 Å². The molecule has 0 bridgehead atoms. The number of rotatable bonds is 4. The molecule has 3 rings (SSSR count). The highest BCUT2D eigenvalue weighted by Crippen LogP contribution is 2.25. The van der Waals surface area contributed by atoms with Gasteiger partial charge >= 0.3 is 0 Å². The van der Waals surface area contributed by atoms with Gasteiger partial charge in [-0.15, -0.1) is 10.2 Å². The molecule has 6 nitrogen and oxygen atoms in total. The molecule has 0 amide bonds. The molecule has 0 spiro atoms. The molecule has 1 aromatic carbocycles. The zero-order chi connectivity index (χ0) is 13.9. The van der Waals surface area contributed by atoms with Crippen LogP contribution in [0.15, 0.2) is 38.4 Å². The first-order chi connectivity index (χ1) is 9.70. The van der Waals surface area contributed by atoms with E-state index < -0.39 is 0 Å². The maximum Gasteiger partial charge on any atom is 0.277 e. The number of aryl methyl sites for hydroxylation is 1. The predicted octanol–water partition coefficient (Wildman–Crippen LogP) is 3.37. The Labute approximate surface area is 123 Å². The minimum atomic E-state index is 0.450. The van der Waals surface area contributed by atoms with Gasteiger partial charge in [0.2, 0.25) is 11.8 Å². The normalized spacial score (nSPS) is 10.9. The standard InChI is InChI=1S/C12H9ClN4O2S/c1-7-14-10(19-17-7)6-20-12-16-15-11(18-12)8-2-4-9(13)5-3-8/h2-5H,6H2,1H3. The summed E-state index contributed by atoms with van der Waals surface area (Å²) in [5.74, 6) is 2.07. The fourth-order valence-electron chi connectivity index (χ4n) is 1.50. The summed E-state index contributed by atoms with van der Waals surface area (Å²) in [4.78, 5) is 4.10. The highest BCUT2D eigenvalue weighted by Gasteiger charge is 2.11. The predicted molar refractivity (Wildman–Crippen MR) is 73.3 cm³/mol. The van der Waals surface area contributed by atoms with E-state index in [1.165, 1.54) is 11.8 Å². The van der Waals surface area contributed by atoms with Crippen molar-refractivity contribution in [1.82, 2.24) is 20.3 Å². The fourth-order valence-corrected chi connectivity index (χ4v) is 2.23. The third-order valence-electron chi connectivity index (χ3n) is 2.39. The van der Waals surface area contributed by atoms with E-state index in [2.05, 4.69) is 20.3 Å². The van der Waals surface area contributed by atoms with Crippen molar-refractivity contribution in [2.45, 2.75) is 17.9 Å². The van der Waals surface area contributed by atoms with Gasteiger partial charge in [0.25, 0.3) is 5.22 Å². The second-order valence-corrected chi connectivity index (χ2v) is 5.27. The molecule has 0 unspecified atom stereocenters. The van der Waals surface area contributed by atoms with E-state index in [1.54, 1.807) is 19.1 Å². The number of thioether (sulfide) groups is 1. The molecule has 0 aliphatic heterocycles. The number of hydrogen-bond acceptors (Lipinski definition) is 7. The van der Waals surface area contributed by atoms with Gasteiger partial charge < -0.3 is 8.94 Å². The van der Waals surface area contributed by atoms with Crippen molar-refractivity contribution < 1.29 is 8.94 Å². The van der Waals surface area contributed by atoms with Gasteiger partial charge in [0.1, 0.15) is 0 Å². The summed E-state index contributed by atoms with van der Waals surface area (Å²) in [5, 5.41) is 12.8. The Hall–Kier alpha value is -1.86. The van der Waals surface area contributed by atoms with Crippen LogP contribution in [0, 0.1) is 6.92 Å². The molecule has 0 aliphatic carbocycles. The van der Waals surface area contributed by atoms with Gasteiger partial charge in [-0.05, 0) is 31.2 Å². The average molecular weight is 309 g/mol. The van der Waals surface area contributed by atoms with Crippen LogP contribution < -0.4 is 0 Å². The van der Waals surface area contributed by atoms with E-state index in [9.17, 15) is 0 Å². The third kappa shape index (κ3) is 3.00. The Morgan fingerprint density at radius 2 is 2.00 bits per heavy atom. The number of benzene rings is 1. The number of aromatic nitrogens is 4. The SMILES string of the molecule is Cc1noc(CSc2nnc(-c3ccc(Cl)cc3)o2)n1. The van der Waals surface area contributed by atoms with Gasteiger partial charge in [0.05, 0.1) is 5.75 Å². The van der Waals surface area contributed by atoms with Crippen LogP contribution in [0.2, 0.25) is 5.02 Å². The van der Waals surface area contributed by atoms with Crippen LogP contribution in [-0.4, -0.2) is 20.3 Å². The van der Waals surface area contributed by atoms with Crippen LogP contribution in [0.4, 0.5) is 0 Å². The Morgan fingerprint density at radius 1 is 1.20 bits per heavy atom. The molecular formula is C12H9ClN4O2S. The van der Waals surface area contributed by atoms with Crippen LogP contribution in [-0.2, 0) is 5.75 Å². The molecule has 0 atom stereocenters. The van der Waals surface area contributed by atoms with Crippen LogP contribution in [0.25, 0.3) is 11.5 Å². The number of nitrogens with zero attached hydrogens (tertiary/aromatic N) is 4. The maximum absolute atomic E-state index is 5.83. The van der Waals surface area contributed by atoms with Gasteiger partial charge in [-0.3, -0.25) is 0 Å². The molecule has 3 aromatic rings. The molecule has 2 heterocycles. The van der Waals surface area contributed by atoms with Crippen molar-refractivity contribution in [2.75, 3.05) is 0 Å². The second kappa shape index (κ2) is 5.64.